The highest BCUT2D eigenvalue weighted by Crippen LogP contribution is 2.20. The van der Waals surface area contributed by atoms with Gasteiger partial charge in [0.1, 0.15) is 12.4 Å². The van der Waals surface area contributed by atoms with Crippen molar-refractivity contribution in [3.8, 4) is 11.4 Å². The Morgan fingerprint density at radius 2 is 1.86 bits per heavy atom. The zero-order valence-electron chi connectivity index (χ0n) is 17.3. The molecule has 160 valence electrons. The number of piperidine rings is 1. The Hall–Kier alpha value is -2.16. The number of likely N-dealkylation sites (tertiary alicyclic amines) is 1. The molecule has 1 aliphatic heterocycles. The number of amides is 1. The van der Waals surface area contributed by atoms with E-state index in [1.807, 2.05) is 43.1 Å². The fourth-order valence-corrected chi connectivity index (χ4v) is 3.39. The highest BCUT2D eigenvalue weighted by molar-refractivity contribution is 5.93. The molecule has 0 spiro atoms. The number of carbonyl (C=O) groups excluding carboxylic acids is 1. The Balaban J connectivity index is 0.00000300. The van der Waals surface area contributed by atoms with Gasteiger partial charge >= 0.3 is 0 Å². The highest BCUT2D eigenvalue weighted by Gasteiger charge is 2.26. The number of rotatable bonds is 8. The summed E-state index contributed by atoms with van der Waals surface area (Å²) in [6, 6.07) is 7.47. The maximum absolute atomic E-state index is 12.9. The monoisotopic (exact) mass is 423 g/mol. The third-order valence-electron chi connectivity index (χ3n) is 5.00. The lowest BCUT2D eigenvalue weighted by molar-refractivity contribution is 0.0683. The molecular formula is C20H30ClN5O3. The third kappa shape index (κ3) is 5.91. The molecule has 1 aliphatic rings. The number of nitrogens with zero attached hydrogens (tertiary/aromatic N) is 4. The summed E-state index contributed by atoms with van der Waals surface area (Å²) in [5.41, 5.74) is 1.85. The number of carbonyl (C=O) groups is 1. The summed E-state index contributed by atoms with van der Waals surface area (Å²) in [4.78, 5) is 16.3. The standard InChI is InChI=1S/C20H29N5O3.ClH/c1-15-19(20(26)24-10-8-16(9-11-24)14-21-2)23-25(22-15)17-4-6-18(7-5-17)28-13-12-27-3;/h4-7,16,21H,8-14H2,1-3H3;1H. The zero-order valence-corrected chi connectivity index (χ0v) is 18.1. The molecule has 1 amide bonds. The molecule has 3 rings (SSSR count). The van der Waals surface area contributed by atoms with Gasteiger partial charge in [0, 0.05) is 20.2 Å². The molecule has 0 aliphatic carbocycles. The van der Waals surface area contributed by atoms with Crippen molar-refractivity contribution in [2.45, 2.75) is 19.8 Å². The quantitative estimate of drug-likeness (QED) is 0.655. The average Bonchev–Trinajstić information content (AvgIpc) is 3.11. The van der Waals surface area contributed by atoms with Crippen LogP contribution in [0.15, 0.2) is 24.3 Å². The number of ether oxygens (including phenoxy) is 2. The lowest BCUT2D eigenvalue weighted by Gasteiger charge is -2.31. The van der Waals surface area contributed by atoms with Crippen LogP contribution in [0.5, 0.6) is 5.75 Å². The number of hydrogen-bond donors (Lipinski definition) is 1. The van der Waals surface area contributed by atoms with E-state index in [2.05, 4.69) is 15.5 Å². The number of hydrogen-bond acceptors (Lipinski definition) is 6. The van der Waals surface area contributed by atoms with Crippen LogP contribution in [0.3, 0.4) is 0 Å². The Labute approximate surface area is 178 Å². The summed E-state index contributed by atoms with van der Waals surface area (Å²) < 4.78 is 10.5. The SMILES string of the molecule is CNCC1CCN(C(=O)c2nn(-c3ccc(OCCOC)cc3)nc2C)CC1.Cl. The van der Waals surface area contributed by atoms with Crippen molar-refractivity contribution in [2.24, 2.45) is 5.92 Å². The van der Waals surface area contributed by atoms with E-state index in [4.69, 9.17) is 9.47 Å². The topological polar surface area (TPSA) is 81.5 Å². The minimum absolute atomic E-state index is 0. The molecule has 0 unspecified atom stereocenters. The van der Waals surface area contributed by atoms with Crippen LogP contribution in [0.25, 0.3) is 5.69 Å². The van der Waals surface area contributed by atoms with E-state index in [9.17, 15) is 4.79 Å². The minimum atomic E-state index is -0.0359. The first-order valence-corrected chi connectivity index (χ1v) is 9.72. The maximum atomic E-state index is 12.9. The van der Waals surface area contributed by atoms with Gasteiger partial charge in [-0.1, -0.05) is 0 Å². The molecule has 0 saturated carbocycles. The van der Waals surface area contributed by atoms with E-state index in [-0.39, 0.29) is 18.3 Å². The van der Waals surface area contributed by atoms with Gasteiger partial charge in [-0.05, 0) is 63.5 Å². The van der Waals surface area contributed by atoms with Crippen molar-refractivity contribution >= 4 is 18.3 Å². The number of nitrogens with one attached hydrogen (secondary N) is 1. The van der Waals surface area contributed by atoms with E-state index in [1.54, 1.807) is 7.11 Å². The Kier molecular flexibility index (Phi) is 8.88. The number of benzene rings is 1. The van der Waals surface area contributed by atoms with E-state index in [0.717, 1.165) is 43.9 Å². The molecule has 8 nitrogen and oxygen atoms in total. The van der Waals surface area contributed by atoms with Crippen LogP contribution in [0.1, 0.15) is 29.0 Å². The first-order chi connectivity index (χ1) is 13.6. The third-order valence-corrected chi connectivity index (χ3v) is 5.00. The van der Waals surface area contributed by atoms with E-state index in [1.165, 1.54) is 4.80 Å². The van der Waals surface area contributed by atoms with Gasteiger partial charge in [-0.15, -0.1) is 17.5 Å². The zero-order chi connectivity index (χ0) is 19.9. The number of aryl methyl sites for hydroxylation is 1. The van der Waals surface area contributed by atoms with Crippen LogP contribution in [0, 0.1) is 12.8 Å². The second kappa shape index (κ2) is 11.1. The summed E-state index contributed by atoms with van der Waals surface area (Å²) in [5, 5.41) is 12.1. The summed E-state index contributed by atoms with van der Waals surface area (Å²) in [7, 11) is 3.61. The van der Waals surface area contributed by atoms with Gasteiger partial charge < -0.3 is 19.7 Å². The highest BCUT2D eigenvalue weighted by atomic mass is 35.5. The first kappa shape index (κ1) is 23.1. The summed E-state index contributed by atoms with van der Waals surface area (Å²) in [6.45, 7) is 5.41. The van der Waals surface area contributed by atoms with Crippen molar-refractivity contribution in [1.29, 1.82) is 0 Å². The fraction of sp³-hybridized carbons (Fsp3) is 0.550. The molecule has 1 saturated heterocycles. The molecule has 1 aromatic carbocycles. The fourth-order valence-electron chi connectivity index (χ4n) is 3.39. The first-order valence-electron chi connectivity index (χ1n) is 9.72. The van der Waals surface area contributed by atoms with Crippen LogP contribution in [-0.4, -0.2) is 72.8 Å². The number of methoxy groups -OCH3 is 1. The Bertz CT molecular complexity index is 773. The predicted octanol–water partition coefficient (Wildman–Crippen LogP) is 2.09. The average molecular weight is 424 g/mol. The molecule has 1 aromatic heterocycles. The van der Waals surface area contributed by atoms with Crippen LogP contribution >= 0.6 is 12.4 Å². The molecule has 0 radical (unpaired) electrons. The Morgan fingerprint density at radius 3 is 2.48 bits per heavy atom. The molecule has 29 heavy (non-hydrogen) atoms. The summed E-state index contributed by atoms with van der Waals surface area (Å²) in [5.74, 6) is 1.35. The Morgan fingerprint density at radius 1 is 1.17 bits per heavy atom. The van der Waals surface area contributed by atoms with Gasteiger partial charge in [0.15, 0.2) is 5.69 Å². The van der Waals surface area contributed by atoms with Gasteiger partial charge in [-0.2, -0.15) is 9.90 Å². The molecular weight excluding hydrogens is 394 g/mol. The molecule has 1 N–H and O–H groups in total. The lowest BCUT2D eigenvalue weighted by atomic mass is 9.96. The second-order valence-electron chi connectivity index (χ2n) is 7.05. The van der Waals surface area contributed by atoms with Crippen LogP contribution in [0.2, 0.25) is 0 Å². The molecule has 9 heteroatoms. The van der Waals surface area contributed by atoms with E-state index in [0.29, 0.717) is 30.5 Å². The van der Waals surface area contributed by atoms with Crippen molar-refractivity contribution in [3.63, 3.8) is 0 Å². The normalized spacial score (nSPS) is 14.5. The van der Waals surface area contributed by atoms with Crippen LogP contribution in [0.4, 0.5) is 0 Å². The van der Waals surface area contributed by atoms with E-state index >= 15 is 0 Å². The van der Waals surface area contributed by atoms with Gasteiger partial charge in [-0.25, -0.2) is 0 Å². The van der Waals surface area contributed by atoms with Crippen molar-refractivity contribution in [3.05, 3.63) is 35.7 Å². The maximum Gasteiger partial charge on any atom is 0.276 e. The van der Waals surface area contributed by atoms with Crippen LogP contribution in [-0.2, 0) is 4.74 Å². The van der Waals surface area contributed by atoms with Gasteiger partial charge in [0.05, 0.1) is 18.0 Å². The second-order valence-corrected chi connectivity index (χ2v) is 7.05. The van der Waals surface area contributed by atoms with Crippen molar-refractivity contribution in [2.75, 3.05) is 47.0 Å². The summed E-state index contributed by atoms with van der Waals surface area (Å²) >= 11 is 0. The van der Waals surface area contributed by atoms with Gasteiger partial charge in [0.2, 0.25) is 0 Å². The number of halogens is 1. The molecule has 1 fully saturated rings. The summed E-state index contributed by atoms with van der Waals surface area (Å²) in [6.07, 6.45) is 2.04. The van der Waals surface area contributed by atoms with Crippen molar-refractivity contribution in [1.82, 2.24) is 25.2 Å². The molecule has 2 heterocycles. The molecule has 0 atom stereocenters. The smallest absolute Gasteiger partial charge is 0.276 e. The lowest BCUT2D eigenvalue weighted by Crippen LogP contribution is -2.40. The molecule has 2 aromatic rings. The predicted molar refractivity (Wildman–Crippen MR) is 113 cm³/mol. The van der Waals surface area contributed by atoms with Gasteiger partial charge in [-0.3, -0.25) is 4.79 Å². The van der Waals surface area contributed by atoms with Crippen LogP contribution < -0.4 is 10.1 Å². The largest absolute Gasteiger partial charge is 0.491 e. The van der Waals surface area contributed by atoms with Crippen molar-refractivity contribution < 1.29 is 14.3 Å². The minimum Gasteiger partial charge on any atom is -0.491 e. The van der Waals surface area contributed by atoms with E-state index < -0.39 is 0 Å². The van der Waals surface area contributed by atoms with Gasteiger partial charge in [0.25, 0.3) is 5.91 Å². The molecule has 0 bridgehead atoms. The number of aromatic nitrogens is 3.